The molecule has 0 radical (unpaired) electrons. The Bertz CT molecular complexity index is 593. The van der Waals surface area contributed by atoms with Crippen LogP contribution in [0.4, 0.5) is 5.69 Å². The molecule has 3 heteroatoms. The Morgan fingerprint density at radius 3 is 2.00 bits per heavy atom. The number of carbonyl (C=O) groups excluding carboxylic acids is 2. The van der Waals surface area contributed by atoms with Crippen LogP contribution in [0.25, 0.3) is 0 Å². The van der Waals surface area contributed by atoms with Crippen LogP contribution in [-0.4, -0.2) is 11.8 Å². The van der Waals surface area contributed by atoms with Gasteiger partial charge in [-0.05, 0) is 24.1 Å². The highest BCUT2D eigenvalue weighted by Gasteiger charge is 2.22. The standard InChI is InChI=1S/C18H19NO2/c1-2-9-17(20)19(16-12-7-4-8-13-16)18(21)14-15-10-5-3-6-11-15/h3-8,10-13H,2,9,14H2,1H3. The normalized spacial score (nSPS) is 10.1. The second-order valence-corrected chi connectivity index (χ2v) is 4.87. The average Bonchev–Trinajstić information content (AvgIpc) is 2.50. The molecule has 0 N–H and O–H groups in total. The number of carbonyl (C=O) groups is 2. The SMILES string of the molecule is CCCC(=O)N(C(=O)Cc1ccccc1)c1ccccc1. The molecule has 0 aliphatic rings. The number of para-hydroxylation sites is 1. The van der Waals surface area contributed by atoms with Crippen molar-refractivity contribution in [3.63, 3.8) is 0 Å². The predicted octanol–water partition coefficient (Wildman–Crippen LogP) is 3.59. The Kier molecular flexibility index (Phi) is 5.27. The fourth-order valence-electron chi connectivity index (χ4n) is 2.18. The number of nitrogens with zero attached hydrogens (tertiary/aromatic N) is 1. The van der Waals surface area contributed by atoms with Crippen LogP contribution >= 0.6 is 0 Å². The maximum absolute atomic E-state index is 12.5. The van der Waals surface area contributed by atoms with E-state index in [9.17, 15) is 9.59 Å². The molecule has 0 saturated carbocycles. The average molecular weight is 281 g/mol. The predicted molar refractivity (Wildman–Crippen MR) is 84.0 cm³/mol. The summed E-state index contributed by atoms with van der Waals surface area (Å²) in [4.78, 5) is 26.1. The van der Waals surface area contributed by atoms with Crippen molar-refractivity contribution in [2.45, 2.75) is 26.2 Å². The summed E-state index contributed by atoms with van der Waals surface area (Å²) >= 11 is 0. The van der Waals surface area contributed by atoms with Gasteiger partial charge in [0.05, 0.1) is 12.1 Å². The molecule has 2 rings (SSSR count). The van der Waals surface area contributed by atoms with E-state index in [0.717, 1.165) is 12.0 Å². The van der Waals surface area contributed by atoms with Crippen LogP contribution in [-0.2, 0) is 16.0 Å². The second-order valence-electron chi connectivity index (χ2n) is 4.87. The van der Waals surface area contributed by atoms with E-state index in [1.807, 2.05) is 55.5 Å². The molecular weight excluding hydrogens is 262 g/mol. The van der Waals surface area contributed by atoms with Crippen LogP contribution in [0.5, 0.6) is 0 Å². The summed E-state index contributed by atoms with van der Waals surface area (Å²) in [5.74, 6) is -0.338. The fraction of sp³-hybridized carbons (Fsp3) is 0.222. The second kappa shape index (κ2) is 7.39. The van der Waals surface area contributed by atoms with Gasteiger partial charge in [0.2, 0.25) is 11.8 Å². The van der Waals surface area contributed by atoms with E-state index in [2.05, 4.69) is 0 Å². The van der Waals surface area contributed by atoms with E-state index in [-0.39, 0.29) is 18.2 Å². The van der Waals surface area contributed by atoms with Crippen LogP contribution < -0.4 is 4.90 Å². The third-order valence-corrected chi connectivity index (χ3v) is 3.18. The molecule has 0 atom stereocenters. The molecule has 2 aromatic carbocycles. The molecule has 2 amide bonds. The van der Waals surface area contributed by atoms with Gasteiger partial charge in [-0.15, -0.1) is 0 Å². The molecule has 0 aromatic heterocycles. The highest BCUT2D eigenvalue weighted by atomic mass is 16.2. The molecular formula is C18H19NO2. The fourth-order valence-corrected chi connectivity index (χ4v) is 2.18. The molecule has 0 aliphatic carbocycles. The zero-order chi connectivity index (χ0) is 15.1. The quantitative estimate of drug-likeness (QED) is 0.840. The van der Waals surface area contributed by atoms with Gasteiger partial charge >= 0.3 is 0 Å². The zero-order valence-electron chi connectivity index (χ0n) is 12.2. The maximum Gasteiger partial charge on any atom is 0.238 e. The van der Waals surface area contributed by atoms with Gasteiger partial charge in [0.1, 0.15) is 0 Å². The van der Waals surface area contributed by atoms with E-state index in [1.165, 1.54) is 4.90 Å². The third-order valence-electron chi connectivity index (χ3n) is 3.18. The van der Waals surface area contributed by atoms with Gasteiger partial charge in [0.25, 0.3) is 0 Å². The van der Waals surface area contributed by atoms with Crippen molar-refractivity contribution in [1.29, 1.82) is 0 Å². The van der Waals surface area contributed by atoms with Crippen molar-refractivity contribution < 1.29 is 9.59 Å². The van der Waals surface area contributed by atoms with Crippen LogP contribution in [0.3, 0.4) is 0 Å². The van der Waals surface area contributed by atoms with Crippen molar-refractivity contribution >= 4 is 17.5 Å². The van der Waals surface area contributed by atoms with E-state index in [4.69, 9.17) is 0 Å². The van der Waals surface area contributed by atoms with Crippen molar-refractivity contribution in [2.75, 3.05) is 4.90 Å². The van der Waals surface area contributed by atoms with Gasteiger partial charge in [-0.25, -0.2) is 0 Å². The molecule has 2 aromatic rings. The number of imide groups is 1. The molecule has 0 saturated heterocycles. The molecule has 0 unspecified atom stereocenters. The monoisotopic (exact) mass is 281 g/mol. The molecule has 108 valence electrons. The van der Waals surface area contributed by atoms with Crippen molar-refractivity contribution in [3.8, 4) is 0 Å². The third kappa shape index (κ3) is 4.02. The van der Waals surface area contributed by atoms with Crippen molar-refractivity contribution in [3.05, 3.63) is 66.2 Å². The first-order chi connectivity index (χ1) is 10.2. The van der Waals surface area contributed by atoms with Gasteiger partial charge in [0.15, 0.2) is 0 Å². The molecule has 0 heterocycles. The lowest BCUT2D eigenvalue weighted by Crippen LogP contribution is -2.37. The van der Waals surface area contributed by atoms with Crippen LogP contribution in [0, 0.1) is 0 Å². The Labute approximate surface area is 125 Å². The van der Waals surface area contributed by atoms with Crippen LogP contribution in [0.15, 0.2) is 60.7 Å². The summed E-state index contributed by atoms with van der Waals surface area (Å²) in [5.41, 5.74) is 1.55. The lowest BCUT2D eigenvalue weighted by molar-refractivity contribution is -0.126. The molecule has 0 aliphatic heterocycles. The maximum atomic E-state index is 12.5. The van der Waals surface area contributed by atoms with Crippen molar-refractivity contribution in [2.24, 2.45) is 0 Å². The summed E-state index contributed by atoms with van der Waals surface area (Å²) in [6, 6.07) is 18.6. The summed E-state index contributed by atoms with van der Waals surface area (Å²) < 4.78 is 0. The summed E-state index contributed by atoms with van der Waals surface area (Å²) in [5, 5.41) is 0. The number of hydrogen-bond acceptors (Lipinski definition) is 2. The Morgan fingerprint density at radius 2 is 1.43 bits per heavy atom. The lowest BCUT2D eigenvalue weighted by atomic mass is 10.1. The van der Waals surface area contributed by atoms with Gasteiger partial charge in [-0.1, -0.05) is 55.5 Å². The Balaban J connectivity index is 2.23. The first-order valence-corrected chi connectivity index (χ1v) is 7.17. The number of amides is 2. The molecule has 0 fully saturated rings. The minimum absolute atomic E-state index is 0.148. The molecule has 3 nitrogen and oxygen atoms in total. The number of rotatable bonds is 5. The van der Waals surface area contributed by atoms with Gasteiger partial charge in [0, 0.05) is 6.42 Å². The summed E-state index contributed by atoms with van der Waals surface area (Å²) in [7, 11) is 0. The van der Waals surface area contributed by atoms with Crippen molar-refractivity contribution in [1.82, 2.24) is 0 Å². The highest BCUT2D eigenvalue weighted by molar-refractivity contribution is 6.15. The summed E-state index contributed by atoms with van der Waals surface area (Å²) in [6.07, 6.45) is 1.32. The van der Waals surface area contributed by atoms with Crippen LogP contribution in [0.2, 0.25) is 0 Å². The number of hydrogen-bond donors (Lipinski definition) is 0. The first-order valence-electron chi connectivity index (χ1n) is 7.17. The van der Waals surface area contributed by atoms with E-state index >= 15 is 0 Å². The van der Waals surface area contributed by atoms with E-state index in [0.29, 0.717) is 12.1 Å². The van der Waals surface area contributed by atoms with Gasteiger partial charge in [-0.2, -0.15) is 0 Å². The van der Waals surface area contributed by atoms with Gasteiger partial charge in [-0.3, -0.25) is 14.5 Å². The largest absolute Gasteiger partial charge is 0.274 e. The zero-order valence-corrected chi connectivity index (χ0v) is 12.2. The molecule has 0 spiro atoms. The number of benzene rings is 2. The highest BCUT2D eigenvalue weighted by Crippen LogP contribution is 2.17. The smallest absolute Gasteiger partial charge is 0.238 e. The topological polar surface area (TPSA) is 37.4 Å². The van der Waals surface area contributed by atoms with Gasteiger partial charge < -0.3 is 0 Å². The minimum atomic E-state index is -0.189. The Morgan fingerprint density at radius 1 is 0.857 bits per heavy atom. The Hall–Kier alpha value is -2.42. The molecule has 21 heavy (non-hydrogen) atoms. The molecule has 0 bridgehead atoms. The van der Waals surface area contributed by atoms with E-state index in [1.54, 1.807) is 12.1 Å². The van der Waals surface area contributed by atoms with Crippen LogP contribution in [0.1, 0.15) is 25.3 Å². The number of anilines is 1. The lowest BCUT2D eigenvalue weighted by Gasteiger charge is -2.21. The minimum Gasteiger partial charge on any atom is -0.274 e. The van der Waals surface area contributed by atoms with E-state index < -0.39 is 0 Å². The summed E-state index contributed by atoms with van der Waals surface area (Å²) in [6.45, 7) is 1.93. The first kappa shape index (κ1) is 15.0.